The molecular formula is C14H24N2S4. The molecule has 1 aromatic rings. The summed E-state index contributed by atoms with van der Waals surface area (Å²) in [5.74, 6) is 0. The van der Waals surface area contributed by atoms with E-state index >= 15 is 0 Å². The standard InChI is InChI=1S/C8H10.2C3H7NS2/c1-7-3-5-8(2)6-4-7;2*1-4(2)3(5)6/h3-6H,1-2H3;2*1-2H3,(H,5,6). The van der Waals surface area contributed by atoms with Gasteiger partial charge in [0.1, 0.15) is 8.64 Å². The monoisotopic (exact) mass is 348 g/mol. The molecule has 0 unspecified atom stereocenters. The fraction of sp³-hybridized carbons (Fsp3) is 0.429. The van der Waals surface area contributed by atoms with Crippen LogP contribution in [0.15, 0.2) is 24.3 Å². The number of benzene rings is 1. The Labute approximate surface area is 145 Å². The SMILES string of the molecule is CN(C)C(=S)S.CN(C)C(=S)S.Cc1ccc(C)cc1. The fourth-order valence-electron chi connectivity index (χ4n) is 0.637. The maximum absolute atomic E-state index is 4.61. The van der Waals surface area contributed by atoms with Crippen LogP contribution in [0.1, 0.15) is 11.1 Å². The minimum atomic E-state index is 0.620. The molecule has 1 aromatic carbocycles. The molecule has 0 heterocycles. The highest BCUT2D eigenvalue weighted by atomic mass is 32.1. The van der Waals surface area contributed by atoms with Gasteiger partial charge in [0.05, 0.1) is 0 Å². The first-order valence-electron chi connectivity index (χ1n) is 5.91. The van der Waals surface area contributed by atoms with Gasteiger partial charge in [-0.15, -0.1) is 25.3 Å². The van der Waals surface area contributed by atoms with Crippen molar-refractivity contribution in [3.05, 3.63) is 35.4 Å². The summed E-state index contributed by atoms with van der Waals surface area (Å²) in [6.45, 7) is 4.19. The van der Waals surface area contributed by atoms with Crippen molar-refractivity contribution in [1.29, 1.82) is 0 Å². The van der Waals surface area contributed by atoms with E-state index in [0.29, 0.717) is 8.64 Å². The van der Waals surface area contributed by atoms with E-state index < -0.39 is 0 Å². The lowest BCUT2D eigenvalue weighted by atomic mass is 10.2. The number of thiol groups is 2. The second-order valence-electron chi connectivity index (χ2n) is 4.51. The number of hydrogen-bond donors (Lipinski definition) is 2. The number of aryl methyl sites for hydroxylation is 2. The third-order valence-electron chi connectivity index (χ3n) is 1.98. The number of thiocarbonyl (C=S) groups is 2. The predicted molar refractivity (Wildman–Crippen MR) is 106 cm³/mol. The lowest BCUT2D eigenvalue weighted by molar-refractivity contribution is 0.648. The Morgan fingerprint density at radius 1 is 0.750 bits per heavy atom. The van der Waals surface area contributed by atoms with E-state index in [0.717, 1.165) is 0 Å². The molecule has 0 saturated carbocycles. The molecule has 0 spiro atoms. The second kappa shape index (κ2) is 12.4. The van der Waals surface area contributed by atoms with E-state index in [2.05, 4.69) is 87.8 Å². The van der Waals surface area contributed by atoms with Crippen LogP contribution in [0.4, 0.5) is 0 Å². The van der Waals surface area contributed by atoms with Crippen LogP contribution in [0.25, 0.3) is 0 Å². The zero-order valence-corrected chi connectivity index (χ0v) is 16.3. The molecule has 0 aliphatic heterocycles. The third kappa shape index (κ3) is 15.8. The van der Waals surface area contributed by atoms with Gasteiger partial charge < -0.3 is 9.80 Å². The number of rotatable bonds is 0. The molecule has 0 fully saturated rings. The molecule has 0 aliphatic rings. The van der Waals surface area contributed by atoms with Crippen molar-refractivity contribution >= 4 is 58.3 Å². The Bertz CT molecular complexity index is 361. The predicted octanol–water partition coefficient (Wildman–Crippen LogP) is 3.83. The average Bonchev–Trinajstić information content (AvgIpc) is 2.34. The highest BCUT2D eigenvalue weighted by Crippen LogP contribution is 1.99. The Hall–Kier alpha value is -0.300. The fourth-order valence-corrected chi connectivity index (χ4v) is 0.637. The van der Waals surface area contributed by atoms with Crippen LogP contribution in [-0.2, 0) is 0 Å². The van der Waals surface area contributed by atoms with E-state index in [1.165, 1.54) is 11.1 Å². The topological polar surface area (TPSA) is 6.48 Å². The minimum absolute atomic E-state index is 0.620. The van der Waals surface area contributed by atoms with Crippen molar-refractivity contribution < 1.29 is 0 Å². The second-order valence-corrected chi connectivity index (χ2v) is 6.73. The van der Waals surface area contributed by atoms with Gasteiger partial charge in [-0.3, -0.25) is 0 Å². The normalized spacial score (nSPS) is 8.40. The molecule has 0 N–H and O–H groups in total. The van der Waals surface area contributed by atoms with Gasteiger partial charge in [0, 0.05) is 28.2 Å². The maximum atomic E-state index is 4.61. The van der Waals surface area contributed by atoms with Crippen molar-refractivity contribution in [3.63, 3.8) is 0 Å². The summed E-state index contributed by atoms with van der Waals surface area (Å²) in [5.41, 5.74) is 2.66. The van der Waals surface area contributed by atoms with Crippen molar-refractivity contribution in [2.24, 2.45) is 0 Å². The summed E-state index contributed by atoms with van der Waals surface area (Å²) < 4.78 is 1.24. The summed E-state index contributed by atoms with van der Waals surface area (Å²) >= 11 is 16.9. The molecule has 0 aromatic heterocycles. The first kappa shape index (κ1) is 22.0. The Morgan fingerprint density at radius 3 is 1.00 bits per heavy atom. The lowest BCUT2D eigenvalue weighted by Gasteiger charge is -2.05. The molecule has 20 heavy (non-hydrogen) atoms. The van der Waals surface area contributed by atoms with Crippen LogP contribution in [-0.4, -0.2) is 46.6 Å². The lowest BCUT2D eigenvalue weighted by Crippen LogP contribution is -2.12. The molecule has 1 rings (SSSR count). The van der Waals surface area contributed by atoms with Gasteiger partial charge in [0.15, 0.2) is 0 Å². The Morgan fingerprint density at radius 2 is 0.900 bits per heavy atom. The van der Waals surface area contributed by atoms with E-state index in [-0.39, 0.29) is 0 Å². The van der Waals surface area contributed by atoms with Gasteiger partial charge in [-0.1, -0.05) is 59.8 Å². The molecule has 0 atom stereocenters. The highest BCUT2D eigenvalue weighted by molar-refractivity contribution is 8.11. The summed E-state index contributed by atoms with van der Waals surface area (Å²) in [4.78, 5) is 3.52. The van der Waals surface area contributed by atoms with E-state index in [9.17, 15) is 0 Å². The molecular weight excluding hydrogens is 324 g/mol. The minimum Gasteiger partial charge on any atom is -0.364 e. The zero-order chi connectivity index (χ0) is 16.3. The van der Waals surface area contributed by atoms with E-state index in [4.69, 9.17) is 0 Å². The molecule has 0 amide bonds. The molecule has 0 saturated heterocycles. The largest absolute Gasteiger partial charge is 0.364 e. The van der Waals surface area contributed by atoms with Gasteiger partial charge in [-0.2, -0.15) is 0 Å². The third-order valence-corrected chi connectivity index (χ3v) is 3.51. The van der Waals surface area contributed by atoms with Crippen molar-refractivity contribution in [1.82, 2.24) is 9.80 Å². The van der Waals surface area contributed by atoms with Crippen molar-refractivity contribution in [3.8, 4) is 0 Å². The van der Waals surface area contributed by atoms with Crippen LogP contribution in [0.2, 0.25) is 0 Å². The van der Waals surface area contributed by atoms with Crippen molar-refractivity contribution in [2.75, 3.05) is 28.2 Å². The molecule has 0 radical (unpaired) electrons. The van der Waals surface area contributed by atoms with Crippen molar-refractivity contribution in [2.45, 2.75) is 13.8 Å². The molecule has 114 valence electrons. The van der Waals surface area contributed by atoms with Gasteiger partial charge in [0.2, 0.25) is 0 Å². The van der Waals surface area contributed by atoms with Crippen LogP contribution in [0.5, 0.6) is 0 Å². The number of hydrogen-bond acceptors (Lipinski definition) is 2. The quantitative estimate of drug-likeness (QED) is 0.543. The maximum Gasteiger partial charge on any atom is 0.132 e. The molecule has 0 aliphatic carbocycles. The van der Waals surface area contributed by atoms with Crippen LogP contribution < -0.4 is 0 Å². The van der Waals surface area contributed by atoms with E-state index in [1.54, 1.807) is 9.80 Å². The van der Waals surface area contributed by atoms with Gasteiger partial charge in [-0.05, 0) is 13.8 Å². The van der Waals surface area contributed by atoms with Gasteiger partial charge >= 0.3 is 0 Å². The highest BCUT2D eigenvalue weighted by Gasteiger charge is 1.84. The zero-order valence-electron chi connectivity index (χ0n) is 12.9. The Balaban J connectivity index is 0. The summed E-state index contributed by atoms with van der Waals surface area (Å²) in [7, 11) is 7.43. The first-order chi connectivity index (χ1) is 9.07. The average molecular weight is 349 g/mol. The summed E-state index contributed by atoms with van der Waals surface area (Å²) in [6, 6.07) is 8.48. The van der Waals surface area contributed by atoms with Gasteiger partial charge in [0.25, 0.3) is 0 Å². The smallest absolute Gasteiger partial charge is 0.132 e. The number of nitrogens with zero attached hydrogens (tertiary/aromatic N) is 2. The Kier molecular flexibility index (Phi) is 13.7. The van der Waals surface area contributed by atoms with Crippen LogP contribution in [0.3, 0.4) is 0 Å². The first-order valence-corrected chi connectivity index (χ1v) is 7.62. The molecule has 2 nitrogen and oxygen atoms in total. The van der Waals surface area contributed by atoms with Crippen LogP contribution >= 0.6 is 49.7 Å². The van der Waals surface area contributed by atoms with Gasteiger partial charge in [-0.25, -0.2) is 0 Å². The van der Waals surface area contributed by atoms with E-state index in [1.807, 2.05) is 28.2 Å². The molecule has 6 heteroatoms. The molecule has 0 bridgehead atoms. The van der Waals surface area contributed by atoms with Crippen LogP contribution in [0, 0.1) is 13.8 Å². The summed E-state index contributed by atoms with van der Waals surface area (Å²) in [6.07, 6.45) is 0. The summed E-state index contributed by atoms with van der Waals surface area (Å²) in [5, 5.41) is 0.